The molecule has 26 heavy (non-hydrogen) atoms. The molecule has 1 atom stereocenters. The molecule has 0 fully saturated rings. The number of carbonyl (C=O) groups excluding carboxylic acids is 3. The van der Waals surface area contributed by atoms with E-state index in [0.29, 0.717) is 16.1 Å². The van der Waals surface area contributed by atoms with E-state index in [-0.39, 0.29) is 23.3 Å². The van der Waals surface area contributed by atoms with E-state index < -0.39 is 12.1 Å². The maximum atomic E-state index is 12.9. The first-order chi connectivity index (χ1) is 12.4. The Kier molecular flexibility index (Phi) is 6.91. The van der Waals surface area contributed by atoms with Gasteiger partial charge in [0.1, 0.15) is 5.82 Å². The molecule has 0 aliphatic heterocycles. The van der Waals surface area contributed by atoms with Crippen LogP contribution in [-0.4, -0.2) is 29.5 Å². The number of rotatable bonds is 7. The van der Waals surface area contributed by atoms with Crippen LogP contribution in [-0.2, 0) is 14.3 Å². The summed E-state index contributed by atoms with van der Waals surface area (Å²) in [6.07, 6.45) is -0.831. The van der Waals surface area contributed by atoms with Gasteiger partial charge in [0.25, 0.3) is 0 Å². The van der Waals surface area contributed by atoms with Crippen LogP contribution in [0, 0.1) is 5.82 Å². The summed E-state index contributed by atoms with van der Waals surface area (Å²) >= 11 is 1.17. The quantitative estimate of drug-likeness (QED) is 0.590. The summed E-state index contributed by atoms with van der Waals surface area (Å²) in [7, 11) is 0. The Balaban J connectivity index is 1.99. The first-order valence-corrected chi connectivity index (χ1v) is 8.84. The summed E-state index contributed by atoms with van der Waals surface area (Å²) in [4.78, 5) is 36.1. The monoisotopic (exact) mass is 375 g/mol. The van der Waals surface area contributed by atoms with Crippen LogP contribution < -0.4 is 5.32 Å². The highest BCUT2D eigenvalue weighted by Crippen LogP contribution is 2.24. The molecule has 7 heteroatoms. The van der Waals surface area contributed by atoms with Gasteiger partial charge in [-0.15, -0.1) is 11.8 Å². The highest BCUT2D eigenvalue weighted by atomic mass is 32.2. The van der Waals surface area contributed by atoms with E-state index in [2.05, 4.69) is 5.32 Å². The number of ketones is 1. The van der Waals surface area contributed by atoms with Gasteiger partial charge in [-0.1, -0.05) is 12.1 Å². The fourth-order valence-corrected chi connectivity index (χ4v) is 2.78. The third-order valence-electron chi connectivity index (χ3n) is 3.45. The number of amides is 1. The molecule has 0 aromatic heterocycles. The third kappa shape index (κ3) is 5.70. The molecule has 1 N–H and O–H groups in total. The Morgan fingerprint density at radius 3 is 2.42 bits per heavy atom. The number of hydrogen-bond donors (Lipinski definition) is 1. The number of carbonyl (C=O) groups is 3. The summed E-state index contributed by atoms with van der Waals surface area (Å²) in [5.41, 5.74) is 0.778. The number of thioether (sulfide) groups is 1. The van der Waals surface area contributed by atoms with E-state index in [1.54, 1.807) is 24.3 Å². The van der Waals surface area contributed by atoms with Crippen LogP contribution in [0.4, 0.5) is 10.1 Å². The van der Waals surface area contributed by atoms with Gasteiger partial charge in [0.15, 0.2) is 11.9 Å². The van der Waals surface area contributed by atoms with Crippen molar-refractivity contribution in [2.75, 3.05) is 11.1 Å². The van der Waals surface area contributed by atoms with Gasteiger partial charge in [0.05, 0.1) is 11.3 Å². The molecule has 0 radical (unpaired) electrons. The Labute approximate surface area is 154 Å². The average Bonchev–Trinajstić information content (AvgIpc) is 2.62. The maximum absolute atomic E-state index is 12.9. The number of nitrogens with one attached hydrogen (secondary N) is 1. The van der Waals surface area contributed by atoms with Crippen LogP contribution in [0.5, 0.6) is 0 Å². The Morgan fingerprint density at radius 1 is 1.12 bits per heavy atom. The summed E-state index contributed by atoms with van der Waals surface area (Å²) in [6.45, 7) is 2.85. The molecule has 2 aromatic rings. The van der Waals surface area contributed by atoms with E-state index in [1.807, 2.05) is 0 Å². The molecule has 0 saturated carbocycles. The topological polar surface area (TPSA) is 72.5 Å². The van der Waals surface area contributed by atoms with Crippen molar-refractivity contribution >= 4 is 35.1 Å². The Hall–Kier alpha value is -2.67. The molecule has 1 amide bonds. The molecule has 0 aliphatic rings. The molecule has 0 heterocycles. The smallest absolute Gasteiger partial charge is 0.339 e. The van der Waals surface area contributed by atoms with Gasteiger partial charge in [-0.3, -0.25) is 9.59 Å². The van der Waals surface area contributed by atoms with Crippen LogP contribution in [0.1, 0.15) is 24.2 Å². The fourth-order valence-electron chi connectivity index (χ4n) is 1.94. The van der Waals surface area contributed by atoms with E-state index in [0.717, 1.165) is 0 Å². The van der Waals surface area contributed by atoms with Crippen molar-refractivity contribution in [3.63, 3.8) is 0 Å². The van der Waals surface area contributed by atoms with Crippen molar-refractivity contribution in [3.8, 4) is 0 Å². The van der Waals surface area contributed by atoms with Gasteiger partial charge in [-0.2, -0.15) is 0 Å². The van der Waals surface area contributed by atoms with Gasteiger partial charge in [0, 0.05) is 10.6 Å². The number of anilines is 1. The lowest BCUT2D eigenvalue weighted by molar-refractivity contribution is -0.124. The molecule has 0 aliphatic carbocycles. The van der Waals surface area contributed by atoms with Gasteiger partial charge in [0.2, 0.25) is 5.91 Å². The molecule has 2 rings (SSSR count). The zero-order valence-corrected chi connectivity index (χ0v) is 15.1. The zero-order chi connectivity index (χ0) is 19.1. The molecule has 0 spiro atoms. The van der Waals surface area contributed by atoms with Crippen LogP contribution in [0.2, 0.25) is 0 Å². The van der Waals surface area contributed by atoms with Crippen molar-refractivity contribution in [1.29, 1.82) is 0 Å². The number of halogens is 1. The SMILES string of the molecule is CC(=O)[C@@H](C)OC(=O)c1ccccc1SCC(=O)Nc1ccc(F)cc1. The molecular formula is C19H18FNO4S. The minimum Gasteiger partial charge on any atom is -0.451 e. The van der Waals surface area contributed by atoms with E-state index in [1.165, 1.54) is 49.9 Å². The maximum Gasteiger partial charge on any atom is 0.339 e. The van der Waals surface area contributed by atoms with Gasteiger partial charge >= 0.3 is 5.97 Å². The molecule has 0 unspecified atom stereocenters. The predicted molar refractivity (Wildman–Crippen MR) is 97.8 cm³/mol. The van der Waals surface area contributed by atoms with Crippen molar-refractivity contribution in [2.45, 2.75) is 24.8 Å². The van der Waals surface area contributed by atoms with E-state index in [9.17, 15) is 18.8 Å². The van der Waals surface area contributed by atoms with Crippen molar-refractivity contribution in [2.24, 2.45) is 0 Å². The normalized spacial score (nSPS) is 11.5. The molecule has 0 saturated heterocycles. The molecule has 136 valence electrons. The number of esters is 1. The van der Waals surface area contributed by atoms with Crippen LogP contribution in [0.15, 0.2) is 53.4 Å². The highest BCUT2D eigenvalue weighted by molar-refractivity contribution is 8.00. The minimum absolute atomic E-state index is 0.0595. The second kappa shape index (κ2) is 9.15. The molecular weight excluding hydrogens is 357 g/mol. The van der Waals surface area contributed by atoms with E-state index in [4.69, 9.17) is 4.74 Å². The predicted octanol–water partition coefficient (Wildman–Crippen LogP) is 3.69. The summed E-state index contributed by atoms with van der Waals surface area (Å²) in [5.74, 6) is -1.48. The third-order valence-corrected chi connectivity index (χ3v) is 4.52. The molecule has 5 nitrogen and oxygen atoms in total. The zero-order valence-electron chi connectivity index (χ0n) is 14.3. The second-order valence-electron chi connectivity index (χ2n) is 5.50. The van der Waals surface area contributed by atoms with Crippen LogP contribution >= 0.6 is 11.8 Å². The number of benzene rings is 2. The summed E-state index contributed by atoms with van der Waals surface area (Å²) in [5, 5.41) is 2.65. The first kappa shape index (κ1) is 19.7. The van der Waals surface area contributed by atoms with Gasteiger partial charge in [-0.25, -0.2) is 9.18 Å². The van der Waals surface area contributed by atoms with Gasteiger partial charge in [-0.05, 0) is 50.2 Å². The van der Waals surface area contributed by atoms with Crippen LogP contribution in [0.3, 0.4) is 0 Å². The minimum atomic E-state index is -0.831. The number of Topliss-reactive ketones (excluding diaryl/α,β-unsaturated/α-hetero) is 1. The number of ether oxygens (including phenoxy) is 1. The largest absolute Gasteiger partial charge is 0.451 e. The highest BCUT2D eigenvalue weighted by Gasteiger charge is 2.18. The standard InChI is InChI=1S/C19H18FNO4S/c1-12(22)13(2)25-19(24)16-5-3-4-6-17(16)26-11-18(23)21-15-9-7-14(20)8-10-15/h3-10,13H,11H2,1-2H3,(H,21,23)/t13-/m1/s1. The van der Waals surface area contributed by atoms with Gasteiger partial charge < -0.3 is 10.1 Å². The lowest BCUT2D eigenvalue weighted by atomic mass is 10.2. The Bertz CT molecular complexity index is 807. The fraction of sp³-hybridized carbons (Fsp3) is 0.211. The van der Waals surface area contributed by atoms with E-state index >= 15 is 0 Å². The Morgan fingerprint density at radius 2 is 1.77 bits per heavy atom. The lowest BCUT2D eigenvalue weighted by Gasteiger charge is -2.12. The second-order valence-corrected chi connectivity index (χ2v) is 6.52. The van der Waals surface area contributed by atoms with Crippen molar-refractivity contribution in [3.05, 3.63) is 59.9 Å². The first-order valence-electron chi connectivity index (χ1n) is 7.85. The van der Waals surface area contributed by atoms with Crippen molar-refractivity contribution < 1.29 is 23.5 Å². The number of hydrogen-bond acceptors (Lipinski definition) is 5. The summed E-state index contributed by atoms with van der Waals surface area (Å²) in [6, 6.07) is 12.1. The average molecular weight is 375 g/mol. The molecule has 0 bridgehead atoms. The molecule has 2 aromatic carbocycles. The van der Waals surface area contributed by atoms with Crippen LogP contribution in [0.25, 0.3) is 0 Å². The lowest BCUT2D eigenvalue weighted by Crippen LogP contribution is -2.22. The summed E-state index contributed by atoms with van der Waals surface area (Å²) < 4.78 is 18.0. The van der Waals surface area contributed by atoms with Crippen molar-refractivity contribution in [1.82, 2.24) is 0 Å².